The molecule has 4 aromatic heterocycles. The minimum Gasteiger partial charge on any atom is -0.383 e. The van der Waals surface area contributed by atoms with Gasteiger partial charge >= 0.3 is 12.4 Å². The number of nitrogens with one attached hydrogen (secondary N) is 1. The van der Waals surface area contributed by atoms with Crippen LogP contribution in [0, 0.1) is 0 Å². The van der Waals surface area contributed by atoms with Crippen LogP contribution in [0.25, 0.3) is 16.8 Å². The van der Waals surface area contributed by atoms with Gasteiger partial charge in [0.25, 0.3) is 11.4 Å². The van der Waals surface area contributed by atoms with E-state index in [0.29, 0.717) is 24.6 Å². The van der Waals surface area contributed by atoms with Crippen molar-refractivity contribution in [1.29, 1.82) is 0 Å². The molecule has 6 heterocycles. The molecule has 4 aromatic rings. The average Bonchev–Trinajstić information content (AvgIpc) is 3.66. The first-order chi connectivity index (χ1) is 21.0. The minimum atomic E-state index is -5.87. The highest BCUT2D eigenvalue weighted by atomic mass is 19.4. The zero-order valence-electron chi connectivity index (χ0n) is 23.4. The maximum absolute atomic E-state index is 13.5. The number of aromatic amines is 1. The van der Waals surface area contributed by atoms with E-state index >= 15 is 0 Å². The highest BCUT2D eigenvalue weighted by Gasteiger charge is 2.70. The SMILES string of the molecule is CC(=O)c1c(C2C[C@H]3CC[C@@H](C2)N3C(=O)c2cc(N)n[nH]2)nc2c(-c3ccc(C(N)(C(F)(F)F)C(F)(F)F)nc3)cnn2c1N. The number of fused-ring (bicyclic) bond motifs is 3. The van der Waals surface area contributed by atoms with E-state index in [1.807, 2.05) is 0 Å². The normalized spacial score (nSPS) is 20.6. The van der Waals surface area contributed by atoms with E-state index in [4.69, 9.17) is 22.2 Å². The third-order valence-corrected chi connectivity index (χ3v) is 8.62. The van der Waals surface area contributed by atoms with Gasteiger partial charge in [0.15, 0.2) is 11.4 Å². The maximum Gasteiger partial charge on any atom is 0.421 e. The van der Waals surface area contributed by atoms with Crippen molar-refractivity contribution >= 4 is 29.0 Å². The van der Waals surface area contributed by atoms with E-state index in [1.54, 1.807) is 4.90 Å². The molecule has 2 bridgehead atoms. The number of ketones is 1. The lowest BCUT2D eigenvalue weighted by molar-refractivity contribution is -0.303. The van der Waals surface area contributed by atoms with E-state index in [1.165, 1.54) is 23.7 Å². The van der Waals surface area contributed by atoms with Gasteiger partial charge in [0.2, 0.25) is 0 Å². The van der Waals surface area contributed by atoms with Gasteiger partial charge in [-0.3, -0.25) is 19.7 Å². The summed E-state index contributed by atoms with van der Waals surface area (Å²) in [7, 11) is 0. The number of amides is 1. The van der Waals surface area contributed by atoms with E-state index in [9.17, 15) is 35.9 Å². The Kier molecular flexibility index (Phi) is 6.83. The molecule has 2 fully saturated rings. The molecule has 0 aromatic carbocycles. The summed E-state index contributed by atoms with van der Waals surface area (Å²) in [6.45, 7) is 1.33. The molecule has 1 unspecified atom stereocenters. The molecular formula is C27H26F6N10O2. The molecule has 238 valence electrons. The van der Waals surface area contributed by atoms with Gasteiger partial charge in [0, 0.05) is 41.4 Å². The topological polar surface area (TPSA) is 187 Å². The zero-order chi connectivity index (χ0) is 32.6. The van der Waals surface area contributed by atoms with Crippen molar-refractivity contribution in [3.8, 4) is 11.1 Å². The molecule has 45 heavy (non-hydrogen) atoms. The maximum atomic E-state index is 13.5. The second-order valence-electron chi connectivity index (χ2n) is 11.3. The molecule has 18 heteroatoms. The Labute approximate surface area is 250 Å². The van der Waals surface area contributed by atoms with Crippen LogP contribution in [0.15, 0.2) is 30.6 Å². The van der Waals surface area contributed by atoms with Gasteiger partial charge in [0.1, 0.15) is 17.3 Å². The van der Waals surface area contributed by atoms with Crippen molar-refractivity contribution in [3.63, 3.8) is 0 Å². The predicted octanol–water partition coefficient (Wildman–Crippen LogP) is 3.71. The zero-order valence-corrected chi connectivity index (χ0v) is 23.4. The van der Waals surface area contributed by atoms with Gasteiger partial charge in [-0.15, -0.1) is 0 Å². The summed E-state index contributed by atoms with van der Waals surface area (Å²) in [5.41, 5.74) is 12.0. The highest BCUT2D eigenvalue weighted by molar-refractivity contribution is 6.00. The Morgan fingerprint density at radius 3 is 2.16 bits per heavy atom. The molecule has 0 aliphatic carbocycles. The van der Waals surface area contributed by atoms with Gasteiger partial charge in [-0.1, -0.05) is 6.07 Å². The summed E-state index contributed by atoms with van der Waals surface area (Å²) in [5.74, 6) is -0.774. The van der Waals surface area contributed by atoms with Gasteiger partial charge in [-0.2, -0.15) is 41.1 Å². The predicted molar refractivity (Wildman–Crippen MR) is 147 cm³/mol. The van der Waals surface area contributed by atoms with Crippen LogP contribution in [0.5, 0.6) is 0 Å². The smallest absolute Gasteiger partial charge is 0.383 e. The van der Waals surface area contributed by atoms with Crippen LogP contribution in [0.2, 0.25) is 0 Å². The molecule has 12 nitrogen and oxygen atoms in total. The molecule has 3 atom stereocenters. The molecule has 2 saturated heterocycles. The first-order valence-corrected chi connectivity index (χ1v) is 13.7. The molecule has 7 N–H and O–H groups in total. The molecule has 1 amide bonds. The van der Waals surface area contributed by atoms with Crippen molar-refractivity contribution in [3.05, 3.63) is 53.2 Å². The number of aromatic nitrogens is 6. The number of halogens is 6. The van der Waals surface area contributed by atoms with Gasteiger partial charge < -0.3 is 22.1 Å². The Morgan fingerprint density at radius 2 is 1.64 bits per heavy atom. The Hall–Kier alpha value is -4.74. The Bertz CT molecular complexity index is 1790. The molecule has 0 spiro atoms. The van der Waals surface area contributed by atoms with Crippen LogP contribution in [-0.4, -0.2) is 70.8 Å². The van der Waals surface area contributed by atoms with Crippen molar-refractivity contribution in [2.45, 2.75) is 68.5 Å². The van der Waals surface area contributed by atoms with Crippen LogP contribution >= 0.6 is 0 Å². The number of alkyl halides is 6. The first-order valence-electron chi connectivity index (χ1n) is 13.7. The first kappa shape index (κ1) is 30.3. The second-order valence-corrected chi connectivity index (χ2v) is 11.3. The summed E-state index contributed by atoms with van der Waals surface area (Å²) in [4.78, 5) is 36.0. The van der Waals surface area contributed by atoms with Crippen LogP contribution in [0.4, 0.5) is 38.0 Å². The van der Waals surface area contributed by atoms with Crippen LogP contribution in [-0.2, 0) is 5.54 Å². The summed E-state index contributed by atoms with van der Waals surface area (Å²) >= 11 is 0. The number of hydrogen-bond donors (Lipinski definition) is 4. The number of carbonyl (C=O) groups excluding carboxylic acids is 2. The third-order valence-electron chi connectivity index (χ3n) is 8.62. The quantitative estimate of drug-likeness (QED) is 0.187. The lowest BCUT2D eigenvalue weighted by atomic mass is 9.85. The number of nitrogen functional groups attached to an aromatic ring is 2. The number of anilines is 2. The Balaban J connectivity index is 1.38. The number of nitrogens with two attached hydrogens (primary N) is 3. The standard InChI is InChI=1S/C27H26F6N10O2/c1-11(44)20-21(13-6-14-3-4-15(7-13)42(14)24(45)17-8-19(34)41-40-17)39-23-16(10-38-43(23)22(20)35)12-2-5-18(37-9-12)25(36,26(28,29)30)27(31,32)33/h2,5,8-10,13-15H,3-4,6-7,35-36H2,1H3,(H3,34,40,41)/t13?,14-,15+. The molecule has 2 aliphatic heterocycles. The highest BCUT2D eigenvalue weighted by Crippen LogP contribution is 2.48. The summed E-state index contributed by atoms with van der Waals surface area (Å²) < 4.78 is 82.0. The lowest BCUT2D eigenvalue weighted by Crippen LogP contribution is -2.61. The van der Waals surface area contributed by atoms with E-state index < -0.39 is 23.6 Å². The average molecular weight is 637 g/mol. The second kappa shape index (κ2) is 10.1. The number of hydrogen-bond acceptors (Lipinski definition) is 9. The van der Waals surface area contributed by atoms with Crippen molar-refractivity contribution in [2.75, 3.05) is 11.5 Å². The van der Waals surface area contributed by atoms with Crippen LogP contribution in [0.3, 0.4) is 0 Å². The fraction of sp³-hybridized carbons (Fsp3) is 0.407. The minimum absolute atomic E-state index is 0.0350. The van der Waals surface area contributed by atoms with E-state index in [-0.39, 0.29) is 69.4 Å². The van der Waals surface area contributed by atoms with Crippen molar-refractivity contribution in [2.24, 2.45) is 5.73 Å². The number of pyridine rings is 1. The summed E-state index contributed by atoms with van der Waals surface area (Å²) in [5, 5.41) is 10.6. The monoisotopic (exact) mass is 636 g/mol. The number of nitrogens with zero attached hydrogens (tertiary/aromatic N) is 6. The van der Waals surface area contributed by atoms with Gasteiger partial charge in [-0.05, 0) is 38.7 Å². The number of carbonyl (C=O) groups is 2. The fourth-order valence-corrected chi connectivity index (χ4v) is 6.45. The van der Waals surface area contributed by atoms with Crippen LogP contribution < -0.4 is 17.2 Å². The molecular weight excluding hydrogens is 610 g/mol. The largest absolute Gasteiger partial charge is 0.421 e. The number of rotatable bonds is 5. The molecule has 0 saturated carbocycles. The van der Waals surface area contributed by atoms with E-state index in [0.717, 1.165) is 25.1 Å². The summed E-state index contributed by atoms with van der Waals surface area (Å²) in [6.07, 6.45) is -7.30. The number of piperidine rings is 1. The number of Topliss-reactive ketones (excluding diaryl/α,β-unsaturated/α-hetero) is 1. The van der Waals surface area contributed by atoms with Crippen molar-refractivity contribution in [1.82, 2.24) is 34.7 Å². The molecule has 6 rings (SSSR count). The summed E-state index contributed by atoms with van der Waals surface area (Å²) in [6, 6.07) is 2.65. The van der Waals surface area contributed by atoms with Gasteiger partial charge in [0.05, 0.1) is 23.1 Å². The van der Waals surface area contributed by atoms with E-state index in [2.05, 4.69) is 20.3 Å². The molecule has 0 radical (unpaired) electrons. The third kappa shape index (κ3) is 4.65. The fourth-order valence-electron chi connectivity index (χ4n) is 6.45. The van der Waals surface area contributed by atoms with Crippen molar-refractivity contribution < 1.29 is 35.9 Å². The number of H-pyrrole nitrogens is 1. The van der Waals surface area contributed by atoms with Crippen LogP contribution in [0.1, 0.15) is 70.8 Å². The Morgan fingerprint density at radius 1 is 1.00 bits per heavy atom. The van der Waals surface area contributed by atoms with Gasteiger partial charge in [-0.25, -0.2) is 4.98 Å². The lowest BCUT2D eigenvalue weighted by Gasteiger charge is -2.39. The molecule has 2 aliphatic rings.